The molecule has 3 aliphatic rings. The largest absolute Gasteiger partial charge is 0.461 e. The summed E-state index contributed by atoms with van der Waals surface area (Å²) in [4.78, 5) is 30.1. The summed E-state index contributed by atoms with van der Waals surface area (Å²) in [6.45, 7) is 5.51. The number of anilines is 3. The first-order chi connectivity index (χ1) is 19.5. The van der Waals surface area contributed by atoms with Crippen molar-refractivity contribution in [2.75, 3.05) is 41.4 Å². The van der Waals surface area contributed by atoms with Gasteiger partial charge in [-0.3, -0.25) is 4.90 Å². The Morgan fingerprint density at radius 3 is 2.73 bits per heavy atom. The number of nitrogens with zero attached hydrogens (tertiary/aromatic N) is 5. The number of alkyl halides is 3. The van der Waals surface area contributed by atoms with Gasteiger partial charge in [-0.15, -0.1) is 0 Å². The number of rotatable bonds is 5. The summed E-state index contributed by atoms with van der Waals surface area (Å²) in [6.07, 6.45) is -1.24. The number of hydrogen-bond donors (Lipinski definition) is 1. The number of hydrogen-bond acceptors (Lipinski definition) is 8. The van der Waals surface area contributed by atoms with Crippen molar-refractivity contribution in [3.63, 3.8) is 0 Å². The molecular formula is C27H26ClF3N6O4. The van der Waals surface area contributed by atoms with Crippen molar-refractivity contribution in [1.82, 2.24) is 15.0 Å². The molecule has 2 saturated heterocycles. The van der Waals surface area contributed by atoms with E-state index in [-0.39, 0.29) is 41.0 Å². The topological polar surface area (TPSA) is 102 Å². The molecule has 0 spiro atoms. The first-order valence-corrected chi connectivity index (χ1v) is 13.3. The summed E-state index contributed by atoms with van der Waals surface area (Å²) in [7, 11) is 0. The zero-order valence-electron chi connectivity index (χ0n) is 22.1. The van der Waals surface area contributed by atoms with Gasteiger partial charge in [0.1, 0.15) is 12.7 Å². The first kappa shape index (κ1) is 27.5. The maximum atomic E-state index is 13.5. The van der Waals surface area contributed by atoms with Gasteiger partial charge in [0.05, 0.1) is 52.7 Å². The van der Waals surface area contributed by atoms with Gasteiger partial charge in [-0.1, -0.05) is 23.7 Å². The molecule has 6 rings (SSSR count). The van der Waals surface area contributed by atoms with Crippen LogP contribution in [0.3, 0.4) is 0 Å². The monoisotopic (exact) mass is 590 g/mol. The summed E-state index contributed by atoms with van der Waals surface area (Å²) in [5, 5.41) is 2.99. The molecule has 2 fully saturated rings. The molecule has 0 unspecified atom stereocenters. The number of amides is 2. The van der Waals surface area contributed by atoms with Crippen LogP contribution in [0.25, 0.3) is 11.3 Å². The Morgan fingerprint density at radius 2 is 2.02 bits per heavy atom. The van der Waals surface area contributed by atoms with Crippen molar-refractivity contribution in [3.8, 4) is 17.3 Å². The van der Waals surface area contributed by atoms with E-state index < -0.39 is 23.6 Å². The highest BCUT2D eigenvalue weighted by Crippen LogP contribution is 2.43. The number of benzene rings is 1. The third-order valence-electron chi connectivity index (χ3n) is 7.06. The molecule has 14 heteroatoms. The number of nitrogens with one attached hydrogen (secondary N) is 1. The van der Waals surface area contributed by atoms with Crippen LogP contribution in [0.2, 0.25) is 5.02 Å². The highest BCUT2D eigenvalue weighted by molar-refractivity contribution is 6.33. The average molecular weight is 591 g/mol. The summed E-state index contributed by atoms with van der Waals surface area (Å²) in [6, 6.07) is 5.89. The average Bonchev–Trinajstić information content (AvgIpc) is 3.51. The predicted molar refractivity (Wildman–Crippen MR) is 144 cm³/mol. The van der Waals surface area contributed by atoms with E-state index in [0.717, 1.165) is 12.1 Å². The maximum Gasteiger partial charge on any atom is 0.416 e. The lowest BCUT2D eigenvalue weighted by atomic mass is 10.1. The fourth-order valence-electron chi connectivity index (χ4n) is 5.18. The fourth-order valence-corrected chi connectivity index (χ4v) is 5.44. The molecule has 0 saturated carbocycles. The van der Waals surface area contributed by atoms with Crippen molar-refractivity contribution in [3.05, 3.63) is 53.3 Å². The fraction of sp³-hybridized carbons (Fsp3) is 0.407. The number of ether oxygens (including phenoxy) is 3. The minimum Gasteiger partial charge on any atom is -0.461 e. The van der Waals surface area contributed by atoms with Crippen molar-refractivity contribution in [1.29, 1.82) is 0 Å². The van der Waals surface area contributed by atoms with Gasteiger partial charge in [0, 0.05) is 18.7 Å². The quantitative estimate of drug-likeness (QED) is 0.423. The second kappa shape index (κ2) is 10.3. The minimum absolute atomic E-state index is 0.119. The lowest BCUT2D eigenvalue weighted by Crippen LogP contribution is -2.48. The van der Waals surface area contributed by atoms with Crippen LogP contribution in [0.15, 0.2) is 42.7 Å². The molecular weight excluding hydrogens is 565 g/mol. The molecule has 1 N–H and O–H groups in total. The van der Waals surface area contributed by atoms with Crippen molar-refractivity contribution >= 4 is 34.8 Å². The standard InChI is InChI=1S/C27H26ClF3N6O4/c1-26(2)40-14-19(41-26)13-39-24-32-10-17(11-33-24)34-25(38)37-18-6-7-36(12-18)21-9-20(28)22(35-23(21)37)15-4-3-5-16(8-15)27(29,30)31/h3-5,8-11,18-19H,6-7,12-14H2,1-2H3,(H,34,38)/t18-,19+/m0/s1. The molecule has 216 valence electrons. The van der Waals surface area contributed by atoms with Crippen LogP contribution in [0.5, 0.6) is 6.01 Å². The molecule has 3 aliphatic heterocycles. The second-order valence-corrected chi connectivity index (χ2v) is 10.9. The van der Waals surface area contributed by atoms with Crippen LogP contribution in [0, 0.1) is 0 Å². The first-order valence-electron chi connectivity index (χ1n) is 13.0. The third kappa shape index (κ3) is 5.61. The number of pyridine rings is 1. The smallest absolute Gasteiger partial charge is 0.416 e. The van der Waals surface area contributed by atoms with E-state index in [9.17, 15) is 18.0 Å². The Kier molecular flexibility index (Phi) is 6.91. The Bertz CT molecular complexity index is 1470. The van der Waals surface area contributed by atoms with Gasteiger partial charge in [-0.05, 0) is 38.5 Å². The Morgan fingerprint density at radius 1 is 1.24 bits per heavy atom. The normalized spacial score (nSPS) is 21.1. The van der Waals surface area contributed by atoms with Crippen LogP contribution in [0.4, 0.5) is 35.2 Å². The Balaban J connectivity index is 1.21. The van der Waals surface area contributed by atoms with Crippen molar-refractivity contribution in [2.24, 2.45) is 0 Å². The van der Waals surface area contributed by atoms with E-state index in [0.29, 0.717) is 43.3 Å². The summed E-state index contributed by atoms with van der Waals surface area (Å²) in [5.41, 5.74) is 0.503. The number of fused-ring (bicyclic) bond motifs is 4. The van der Waals surface area contributed by atoms with Crippen molar-refractivity contribution in [2.45, 2.75) is 44.4 Å². The summed E-state index contributed by atoms with van der Waals surface area (Å²) >= 11 is 6.52. The predicted octanol–water partition coefficient (Wildman–Crippen LogP) is 5.37. The lowest BCUT2D eigenvalue weighted by molar-refractivity contribution is -0.141. The number of aromatic nitrogens is 3. The number of halogens is 4. The summed E-state index contributed by atoms with van der Waals surface area (Å²) < 4.78 is 56.9. The number of urea groups is 1. The third-order valence-corrected chi connectivity index (χ3v) is 7.35. The zero-order valence-corrected chi connectivity index (χ0v) is 22.9. The molecule has 2 atom stereocenters. The number of carbonyl (C=O) groups excluding carboxylic acids is 1. The molecule has 0 radical (unpaired) electrons. The van der Waals surface area contributed by atoms with Crippen LogP contribution >= 0.6 is 11.6 Å². The molecule has 2 amide bonds. The van der Waals surface area contributed by atoms with Crippen LogP contribution in [-0.2, 0) is 15.7 Å². The van der Waals surface area contributed by atoms with Gasteiger partial charge >= 0.3 is 18.2 Å². The van der Waals surface area contributed by atoms with Gasteiger partial charge in [0.2, 0.25) is 0 Å². The number of carbonyl (C=O) groups is 1. The van der Waals surface area contributed by atoms with E-state index in [1.807, 2.05) is 13.8 Å². The molecule has 2 bridgehead atoms. The van der Waals surface area contributed by atoms with Gasteiger partial charge in [-0.25, -0.2) is 19.7 Å². The highest BCUT2D eigenvalue weighted by atomic mass is 35.5. The molecule has 10 nitrogen and oxygen atoms in total. The maximum absolute atomic E-state index is 13.5. The minimum atomic E-state index is -4.52. The van der Waals surface area contributed by atoms with Crippen molar-refractivity contribution < 1.29 is 32.2 Å². The molecule has 2 aromatic heterocycles. The lowest BCUT2D eigenvalue weighted by Gasteiger charge is -2.36. The van der Waals surface area contributed by atoms with Crippen LogP contribution in [0.1, 0.15) is 25.8 Å². The Hall–Kier alpha value is -3.68. The van der Waals surface area contributed by atoms with Gasteiger partial charge < -0.3 is 24.4 Å². The van der Waals surface area contributed by atoms with Gasteiger partial charge in [0.15, 0.2) is 11.6 Å². The van der Waals surface area contributed by atoms with E-state index >= 15 is 0 Å². The Labute approximate surface area is 238 Å². The van der Waals surface area contributed by atoms with Crippen LogP contribution < -0.4 is 19.9 Å². The molecule has 0 aliphatic carbocycles. The van der Waals surface area contributed by atoms with Gasteiger partial charge in [-0.2, -0.15) is 13.2 Å². The van der Waals surface area contributed by atoms with E-state index in [1.54, 1.807) is 6.07 Å². The zero-order chi connectivity index (χ0) is 28.9. The van der Waals surface area contributed by atoms with E-state index in [4.69, 9.17) is 25.8 Å². The highest BCUT2D eigenvalue weighted by Gasteiger charge is 2.41. The van der Waals surface area contributed by atoms with Gasteiger partial charge in [0.25, 0.3) is 0 Å². The molecule has 1 aromatic carbocycles. The van der Waals surface area contributed by atoms with E-state index in [1.165, 1.54) is 29.4 Å². The molecule has 3 aromatic rings. The SMILES string of the molecule is CC1(C)OC[C@@H](COc2ncc(NC(=O)N3c4nc(-c5cccc(C(F)(F)F)c5)c(Cl)cc4N4CC[C@H]3C4)cn2)O1. The molecule has 5 heterocycles. The van der Waals surface area contributed by atoms with Crippen LogP contribution in [-0.4, -0.2) is 65.2 Å². The second-order valence-electron chi connectivity index (χ2n) is 10.4. The summed E-state index contributed by atoms with van der Waals surface area (Å²) in [5.74, 6) is -0.351. The molecule has 41 heavy (non-hydrogen) atoms. The van der Waals surface area contributed by atoms with E-state index in [2.05, 4.69) is 25.2 Å².